The van der Waals surface area contributed by atoms with Gasteiger partial charge in [-0.2, -0.15) is 0 Å². The Hall–Kier alpha value is -2.18. The highest BCUT2D eigenvalue weighted by Crippen LogP contribution is 2.24. The minimum absolute atomic E-state index is 0.635. The summed E-state index contributed by atoms with van der Waals surface area (Å²) >= 11 is 0. The Morgan fingerprint density at radius 2 is 1.91 bits per heavy atom. The summed E-state index contributed by atoms with van der Waals surface area (Å²) in [5.74, 6) is -0.135. The number of carboxylic acid groups (broad SMARTS) is 1. The molecule has 116 valence electrons. The molecule has 22 heavy (non-hydrogen) atoms. The van der Waals surface area contributed by atoms with Crippen LogP contribution in [0.1, 0.15) is 11.7 Å². The van der Waals surface area contributed by atoms with E-state index in [1.807, 2.05) is 35.2 Å². The fourth-order valence-electron chi connectivity index (χ4n) is 2.78. The molecule has 2 heterocycles. The van der Waals surface area contributed by atoms with Crippen molar-refractivity contribution in [2.75, 3.05) is 33.2 Å². The van der Waals surface area contributed by atoms with Crippen molar-refractivity contribution in [3.63, 3.8) is 0 Å². The average molecular weight is 300 g/mol. The number of aromatic amines is 1. The van der Waals surface area contributed by atoms with E-state index in [0.717, 1.165) is 31.7 Å². The van der Waals surface area contributed by atoms with Crippen molar-refractivity contribution in [2.24, 2.45) is 0 Å². The van der Waals surface area contributed by atoms with Gasteiger partial charge in [-0.25, -0.2) is 4.98 Å². The summed E-state index contributed by atoms with van der Waals surface area (Å²) in [6.07, 6.45) is 1.64. The molecule has 0 bridgehead atoms. The van der Waals surface area contributed by atoms with E-state index < -0.39 is 12.0 Å². The zero-order valence-electron chi connectivity index (χ0n) is 12.6. The summed E-state index contributed by atoms with van der Waals surface area (Å²) in [5.41, 5.74) is 1.59. The molecule has 0 amide bonds. The molecule has 3 rings (SSSR count). The SMILES string of the molecule is CN1CCN(C(C(=O)O)c2cnc(-c3ccccc3)[nH]2)CC1. The molecule has 6 heteroatoms. The van der Waals surface area contributed by atoms with Crippen LogP contribution < -0.4 is 0 Å². The summed E-state index contributed by atoms with van der Waals surface area (Å²) < 4.78 is 0. The monoisotopic (exact) mass is 300 g/mol. The number of aromatic nitrogens is 2. The van der Waals surface area contributed by atoms with Gasteiger partial charge in [0.1, 0.15) is 5.82 Å². The van der Waals surface area contributed by atoms with Gasteiger partial charge >= 0.3 is 5.97 Å². The second kappa shape index (κ2) is 6.29. The molecule has 1 aromatic heterocycles. The fourth-order valence-corrected chi connectivity index (χ4v) is 2.78. The smallest absolute Gasteiger partial charge is 0.327 e. The summed E-state index contributed by atoms with van der Waals surface area (Å²) in [5, 5.41) is 9.62. The van der Waals surface area contributed by atoms with Crippen LogP contribution in [0.5, 0.6) is 0 Å². The van der Waals surface area contributed by atoms with Gasteiger partial charge in [0.05, 0.1) is 11.9 Å². The second-order valence-electron chi connectivity index (χ2n) is 5.63. The quantitative estimate of drug-likeness (QED) is 0.894. The summed E-state index contributed by atoms with van der Waals surface area (Å²) in [6, 6.07) is 9.05. The Morgan fingerprint density at radius 1 is 1.23 bits per heavy atom. The predicted octanol–water partition coefficient (Wildman–Crippen LogP) is 1.45. The third-order valence-electron chi connectivity index (χ3n) is 4.07. The highest BCUT2D eigenvalue weighted by Gasteiger charge is 2.31. The van der Waals surface area contributed by atoms with E-state index >= 15 is 0 Å². The van der Waals surface area contributed by atoms with E-state index in [9.17, 15) is 9.90 Å². The number of hydrogen-bond donors (Lipinski definition) is 2. The molecule has 0 saturated carbocycles. The van der Waals surface area contributed by atoms with Gasteiger partial charge in [-0.3, -0.25) is 9.69 Å². The van der Waals surface area contributed by atoms with Crippen molar-refractivity contribution in [1.82, 2.24) is 19.8 Å². The first-order valence-corrected chi connectivity index (χ1v) is 7.41. The minimum Gasteiger partial charge on any atom is -0.480 e. The summed E-state index contributed by atoms with van der Waals surface area (Å²) in [7, 11) is 2.05. The molecule has 1 aliphatic heterocycles. The van der Waals surface area contributed by atoms with Crippen molar-refractivity contribution >= 4 is 5.97 Å². The maximum atomic E-state index is 11.7. The number of carbonyl (C=O) groups is 1. The van der Waals surface area contributed by atoms with Crippen LogP contribution in [0.2, 0.25) is 0 Å². The number of likely N-dealkylation sites (N-methyl/N-ethyl adjacent to an activating group) is 1. The lowest BCUT2D eigenvalue weighted by atomic mass is 10.1. The second-order valence-corrected chi connectivity index (χ2v) is 5.63. The molecular weight excluding hydrogens is 280 g/mol. The van der Waals surface area contributed by atoms with Gasteiger partial charge in [0.2, 0.25) is 0 Å². The Balaban J connectivity index is 1.84. The number of nitrogens with zero attached hydrogens (tertiary/aromatic N) is 3. The fraction of sp³-hybridized carbons (Fsp3) is 0.375. The number of hydrogen-bond acceptors (Lipinski definition) is 4. The molecular formula is C16H20N4O2. The van der Waals surface area contributed by atoms with Gasteiger partial charge in [-0.1, -0.05) is 30.3 Å². The first kappa shape index (κ1) is 14.7. The first-order chi connectivity index (χ1) is 10.6. The minimum atomic E-state index is -0.840. The Labute approximate surface area is 129 Å². The van der Waals surface area contributed by atoms with E-state index in [4.69, 9.17) is 0 Å². The maximum absolute atomic E-state index is 11.7. The van der Waals surface area contributed by atoms with Crippen LogP contribution >= 0.6 is 0 Å². The van der Waals surface area contributed by atoms with Crippen LogP contribution in [-0.4, -0.2) is 64.1 Å². The highest BCUT2D eigenvalue weighted by molar-refractivity contribution is 5.75. The summed E-state index contributed by atoms with van der Waals surface area (Å²) in [4.78, 5) is 23.4. The first-order valence-electron chi connectivity index (χ1n) is 7.41. The maximum Gasteiger partial charge on any atom is 0.327 e. The number of rotatable bonds is 4. The molecule has 1 aromatic carbocycles. The summed E-state index contributed by atoms with van der Waals surface area (Å²) in [6.45, 7) is 3.24. The van der Waals surface area contributed by atoms with Crippen LogP contribution in [0.15, 0.2) is 36.5 Å². The van der Waals surface area contributed by atoms with Crippen molar-refractivity contribution < 1.29 is 9.90 Å². The van der Waals surface area contributed by atoms with E-state index in [1.54, 1.807) is 6.20 Å². The molecule has 1 unspecified atom stereocenters. The number of nitrogens with one attached hydrogen (secondary N) is 1. The average Bonchev–Trinajstić information content (AvgIpc) is 2.99. The van der Waals surface area contributed by atoms with Gasteiger partial charge in [-0.05, 0) is 7.05 Å². The lowest BCUT2D eigenvalue weighted by Gasteiger charge is -2.35. The zero-order valence-corrected chi connectivity index (χ0v) is 12.6. The van der Waals surface area contributed by atoms with Gasteiger partial charge in [-0.15, -0.1) is 0 Å². The molecule has 1 fully saturated rings. The predicted molar refractivity (Wildman–Crippen MR) is 83.5 cm³/mol. The largest absolute Gasteiger partial charge is 0.480 e. The number of piperazine rings is 1. The number of imidazole rings is 1. The molecule has 0 radical (unpaired) electrons. The lowest BCUT2D eigenvalue weighted by Crippen LogP contribution is -2.47. The molecule has 1 saturated heterocycles. The lowest BCUT2D eigenvalue weighted by molar-refractivity contribution is -0.144. The van der Waals surface area contributed by atoms with Crippen LogP contribution in [0.3, 0.4) is 0 Å². The topological polar surface area (TPSA) is 72.5 Å². The van der Waals surface area contributed by atoms with Crippen molar-refractivity contribution in [3.8, 4) is 11.4 Å². The molecule has 6 nitrogen and oxygen atoms in total. The molecule has 2 aromatic rings. The normalized spacial score (nSPS) is 18.2. The van der Waals surface area contributed by atoms with Crippen molar-refractivity contribution in [1.29, 1.82) is 0 Å². The van der Waals surface area contributed by atoms with Crippen molar-refractivity contribution in [2.45, 2.75) is 6.04 Å². The molecule has 2 N–H and O–H groups in total. The van der Waals surface area contributed by atoms with Crippen LogP contribution in [0.25, 0.3) is 11.4 Å². The number of H-pyrrole nitrogens is 1. The van der Waals surface area contributed by atoms with Crippen LogP contribution in [-0.2, 0) is 4.79 Å². The molecule has 1 atom stereocenters. The van der Waals surface area contributed by atoms with E-state index in [2.05, 4.69) is 21.9 Å². The number of aliphatic carboxylic acids is 1. The van der Waals surface area contributed by atoms with E-state index in [0.29, 0.717) is 11.5 Å². The Kier molecular flexibility index (Phi) is 4.22. The Bertz CT molecular complexity index is 633. The van der Waals surface area contributed by atoms with Crippen molar-refractivity contribution in [3.05, 3.63) is 42.2 Å². The van der Waals surface area contributed by atoms with E-state index in [-0.39, 0.29) is 0 Å². The highest BCUT2D eigenvalue weighted by atomic mass is 16.4. The van der Waals surface area contributed by atoms with Gasteiger partial charge in [0.25, 0.3) is 0 Å². The molecule has 1 aliphatic rings. The van der Waals surface area contributed by atoms with Crippen LogP contribution in [0, 0.1) is 0 Å². The molecule has 0 aliphatic carbocycles. The number of benzene rings is 1. The van der Waals surface area contributed by atoms with E-state index in [1.165, 1.54) is 0 Å². The third-order valence-corrected chi connectivity index (χ3v) is 4.07. The van der Waals surface area contributed by atoms with Gasteiger partial charge < -0.3 is 15.0 Å². The Morgan fingerprint density at radius 3 is 2.55 bits per heavy atom. The third kappa shape index (κ3) is 3.03. The van der Waals surface area contributed by atoms with Crippen LogP contribution in [0.4, 0.5) is 0 Å². The van der Waals surface area contributed by atoms with Gasteiger partial charge in [0.15, 0.2) is 6.04 Å². The molecule has 0 spiro atoms. The zero-order chi connectivity index (χ0) is 15.5. The number of carboxylic acids is 1. The standard InChI is InChI=1S/C16H20N4O2/c1-19-7-9-20(10-8-19)14(16(21)22)13-11-17-15(18-13)12-5-3-2-4-6-12/h2-6,11,14H,7-10H2,1H3,(H,17,18)(H,21,22). The van der Waals surface area contributed by atoms with Gasteiger partial charge in [0, 0.05) is 31.7 Å².